The van der Waals surface area contributed by atoms with Crippen LogP contribution in [0.1, 0.15) is 27.2 Å². The average Bonchev–Trinajstić information content (AvgIpc) is 2.34. The van der Waals surface area contributed by atoms with Gasteiger partial charge < -0.3 is 9.22 Å². The van der Waals surface area contributed by atoms with Gasteiger partial charge in [0.25, 0.3) is 0 Å². The minimum Gasteiger partial charge on any atom is -0.461 e. The van der Waals surface area contributed by atoms with Crippen LogP contribution in [0, 0.1) is 0 Å². The number of hydroxylamine groups is 1. The molecule has 0 heterocycles. The summed E-state index contributed by atoms with van der Waals surface area (Å²) in [6, 6.07) is 0. The van der Waals surface area contributed by atoms with Crippen molar-refractivity contribution in [1.29, 1.82) is 0 Å². The molecule has 0 aliphatic carbocycles. The summed E-state index contributed by atoms with van der Waals surface area (Å²) in [4.78, 5) is 11.4. The lowest BCUT2D eigenvalue weighted by Gasteiger charge is -2.31. The Morgan fingerprint density at radius 2 is 1.94 bits per heavy atom. The molecule has 0 aromatic rings. The molecule has 0 atom stereocenters. The molecule has 5 nitrogen and oxygen atoms in total. The van der Waals surface area contributed by atoms with Gasteiger partial charge in [-0.15, -0.1) is 0 Å². The van der Waals surface area contributed by atoms with E-state index >= 15 is 0 Å². The molecule has 100 valence electrons. The molecule has 0 unspecified atom stereocenters. The molecule has 0 bridgehead atoms. The fraction of sp³-hybridized carbons (Fsp3) is 0.750. The van der Waals surface area contributed by atoms with E-state index in [2.05, 4.69) is 20.9 Å². The summed E-state index contributed by atoms with van der Waals surface area (Å²) in [7, 11) is 2.17. The number of carbonyl (C=O) groups excluding carboxylic acids is 1. The topological polar surface area (TPSA) is 58.6 Å². The Bertz CT molecular complexity index is 260. The molecule has 2 N–H and O–H groups in total. The van der Waals surface area contributed by atoms with E-state index in [1.807, 2.05) is 5.48 Å². The molecular weight excluding hydrogens is 220 g/mol. The fourth-order valence-electron chi connectivity index (χ4n) is 1.44. The Morgan fingerprint density at radius 1 is 1.35 bits per heavy atom. The van der Waals surface area contributed by atoms with Crippen LogP contribution in [0.4, 0.5) is 0 Å². The Kier molecular flexibility index (Phi) is 7.58. The number of ether oxygens (including phenoxy) is 1. The van der Waals surface area contributed by atoms with Crippen LogP contribution in [0.15, 0.2) is 11.8 Å². The van der Waals surface area contributed by atoms with Crippen LogP contribution in [-0.2, 0) is 9.53 Å². The van der Waals surface area contributed by atoms with Crippen molar-refractivity contribution >= 4 is 5.97 Å². The second-order valence-corrected chi connectivity index (χ2v) is 4.21. The molecule has 0 aromatic heterocycles. The number of hydrogen-bond acceptors (Lipinski definition) is 4. The number of carbonyl (C=O) groups is 1. The van der Waals surface area contributed by atoms with Gasteiger partial charge in [-0.05, 0) is 26.8 Å². The second-order valence-electron chi connectivity index (χ2n) is 4.21. The molecule has 0 spiro atoms. The molecular formula is C12H25N2O3+. The molecule has 0 amide bonds. The molecule has 0 aliphatic heterocycles. The number of rotatable bonds is 8. The summed E-state index contributed by atoms with van der Waals surface area (Å²) in [5, 5.41) is 8.84. The molecule has 0 radical (unpaired) electrons. The third-order valence-corrected chi connectivity index (χ3v) is 3.16. The third-order valence-electron chi connectivity index (χ3n) is 3.16. The van der Waals surface area contributed by atoms with E-state index in [4.69, 9.17) is 9.94 Å². The monoisotopic (exact) mass is 245 g/mol. The highest BCUT2D eigenvalue weighted by Gasteiger charge is 2.16. The molecule has 5 heteroatoms. The highest BCUT2D eigenvalue weighted by molar-refractivity contribution is 5.87. The van der Waals surface area contributed by atoms with Crippen molar-refractivity contribution in [2.45, 2.75) is 27.2 Å². The van der Waals surface area contributed by atoms with Gasteiger partial charge in [-0.25, -0.2) is 4.79 Å². The van der Waals surface area contributed by atoms with E-state index in [0.717, 1.165) is 30.5 Å². The van der Waals surface area contributed by atoms with E-state index < -0.39 is 5.97 Å². The van der Waals surface area contributed by atoms with Crippen LogP contribution in [0.25, 0.3) is 0 Å². The zero-order chi connectivity index (χ0) is 13.3. The lowest BCUT2D eigenvalue weighted by atomic mass is 10.2. The van der Waals surface area contributed by atoms with Crippen molar-refractivity contribution in [3.63, 3.8) is 0 Å². The first-order valence-corrected chi connectivity index (χ1v) is 6.13. The van der Waals surface area contributed by atoms with Crippen molar-refractivity contribution in [3.8, 4) is 0 Å². The normalized spacial score (nSPS) is 12.4. The van der Waals surface area contributed by atoms with Gasteiger partial charge in [-0.3, -0.25) is 10.7 Å². The summed E-state index contributed by atoms with van der Waals surface area (Å²) in [5.74, 6) is -0.516. The lowest BCUT2D eigenvalue weighted by Crippen LogP contribution is -2.44. The highest BCUT2D eigenvalue weighted by Crippen LogP contribution is 2.05. The molecule has 0 aromatic carbocycles. The van der Waals surface area contributed by atoms with Gasteiger partial charge in [0.2, 0.25) is 0 Å². The third kappa shape index (κ3) is 5.70. The molecule has 17 heavy (non-hydrogen) atoms. The van der Waals surface area contributed by atoms with Crippen molar-refractivity contribution in [2.24, 2.45) is 0 Å². The van der Waals surface area contributed by atoms with E-state index in [1.165, 1.54) is 0 Å². The fourth-order valence-corrected chi connectivity index (χ4v) is 1.44. The summed E-state index contributed by atoms with van der Waals surface area (Å²) < 4.78 is 5.74. The predicted octanol–water partition coefficient (Wildman–Crippen LogP) is 1.29. The molecule has 0 saturated heterocycles. The zero-order valence-electron chi connectivity index (χ0n) is 11.3. The summed E-state index contributed by atoms with van der Waals surface area (Å²) in [6.07, 6.45) is 2.40. The maximum atomic E-state index is 11.4. The van der Waals surface area contributed by atoms with Crippen LogP contribution >= 0.6 is 0 Å². The molecule has 0 aliphatic rings. The van der Waals surface area contributed by atoms with Gasteiger partial charge in [0.15, 0.2) is 0 Å². The summed E-state index contributed by atoms with van der Waals surface area (Å²) in [6.45, 7) is 9.34. The minimum atomic E-state index is -0.516. The number of nitrogens with one attached hydrogen (secondary N) is 1. The van der Waals surface area contributed by atoms with Crippen LogP contribution in [-0.4, -0.2) is 48.9 Å². The van der Waals surface area contributed by atoms with Gasteiger partial charge in [0.1, 0.15) is 5.70 Å². The predicted molar refractivity (Wildman–Crippen MR) is 66.4 cm³/mol. The molecule has 0 saturated carbocycles. The average molecular weight is 245 g/mol. The first kappa shape index (κ1) is 15.9. The number of esters is 1. The number of nitrogens with zero attached hydrogens (tertiary/aromatic N) is 1. The first-order valence-electron chi connectivity index (χ1n) is 6.13. The van der Waals surface area contributed by atoms with Crippen LogP contribution in [0.2, 0.25) is 0 Å². The van der Waals surface area contributed by atoms with Crippen molar-refractivity contribution < 1.29 is 19.2 Å². The van der Waals surface area contributed by atoms with Crippen LogP contribution in [0.3, 0.4) is 0 Å². The van der Waals surface area contributed by atoms with Gasteiger partial charge in [-0.2, -0.15) is 0 Å². The second kappa shape index (κ2) is 8.08. The Hall–Kier alpha value is -1.07. The minimum absolute atomic E-state index is 0.116. The van der Waals surface area contributed by atoms with E-state index in [9.17, 15) is 4.79 Å². The number of quaternary nitrogens is 1. The van der Waals surface area contributed by atoms with E-state index in [-0.39, 0.29) is 5.70 Å². The smallest absolute Gasteiger partial charge is 0.356 e. The Morgan fingerprint density at radius 3 is 2.35 bits per heavy atom. The van der Waals surface area contributed by atoms with E-state index in [1.54, 1.807) is 13.0 Å². The standard InChI is InChI=1S/C12H25N2O3/c1-5-14(4,6-2)10-8-9-11(13-16)12(15)17-7-3/h9,13,16H,5-8,10H2,1-4H3/q+1/b11-9-. The Balaban J connectivity index is 4.33. The highest BCUT2D eigenvalue weighted by atomic mass is 16.5. The van der Waals surface area contributed by atoms with Crippen LogP contribution in [0.5, 0.6) is 0 Å². The summed E-state index contributed by atoms with van der Waals surface area (Å²) >= 11 is 0. The maximum absolute atomic E-state index is 11.4. The van der Waals surface area contributed by atoms with Gasteiger partial charge in [-0.1, -0.05) is 0 Å². The zero-order valence-corrected chi connectivity index (χ0v) is 11.3. The van der Waals surface area contributed by atoms with Crippen molar-refractivity contribution in [3.05, 3.63) is 11.8 Å². The largest absolute Gasteiger partial charge is 0.461 e. The quantitative estimate of drug-likeness (QED) is 0.293. The molecule has 0 rings (SSSR count). The van der Waals surface area contributed by atoms with Crippen LogP contribution < -0.4 is 5.48 Å². The van der Waals surface area contributed by atoms with Gasteiger partial charge in [0, 0.05) is 6.42 Å². The number of hydrogen-bond donors (Lipinski definition) is 2. The first-order chi connectivity index (χ1) is 8.02. The molecule has 0 fully saturated rings. The van der Waals surface area contributed by atoms with Gasteiger partial charge in [0.05, 0.1) is 33.3 Å². The maximum Gasteiger partial charge on any atom is 0.356 e. The summed E-state index contributed by atoms with van der Waals surface area (Å²) in [5.41, 5.74) is 2.00. The van der Waals surface area contributed by atoms with E-state index in [0.29, 0.717) is 6.61 Å². The van der Waals surface area contributed by atoms with Crippen molar-refractivity contribution in [2.75, 3.05) is 33.3 Å². The van der Waals surface area contributed by atoms with Gasteiger partial charge >= 0.3 is 5.97 Å². The van der Waals surface area contributed by atoms with Crippen molar-refractivity contribution in [1.82, 2.24) is 5.48 Å². The lowest BCUT2D eigenvalue weighted by molar-refractivity contribution is -0.905. The SMILES string of the molecule is CCOC(=O)/C(=C/CC[N+](C)(CC)CC)NO. The Labute approximate surface area is 104 Å².